The first-order chi connectivity index (χ1) is 13.9. The molecule has 2 aromatic heterocycles. The van der Waals surface area contributed by atoms with Crippen molar-refractivity contribution in [2.75, 3.05) is 5.75 Å². The van der Waals surface area contributed by atoms with Crippen LogP contribution in [0.4, 0.5) is 0 Å². The molecule has 7 heteroatoms. The van der Waals surface area contributed by atoms with Crippen molar-refractivity contribution in [2.24, 2.45) is 5.41 Å². The number of nitriles is 1. The summed E-state index contributed by atoms with van der Waals surface area (Å²) in [7, 11) is 0. The van der Waals surface area contributed by atoms with Crippen LogP contribution in [0.5, 0.6) is 0 Å². The van der Waals surface area contributed by atoms with E-state index < -0.39 is 0 Å². The first-order valence-electron chi connectivity index (χ1n) is 9.41. The zero-order chi connectivity index (χ0) is 20.6. The Kier molecular flexibility index (Phi) is 4.89. The van der Waals surface area contributed by atoms with E-state index in [1.807, 2.05) is 73.7 Å². The topological polar surface area (TPSA) is 76.0 Å². The Bertz CT molecular complexity index is 1300. The lowest BCUT2D eigenvalue weighted by atomic mass is 9.93. The van der Waals surface area contributed by atoms with E-state index in [1.165, 1.54) is 0 Å². The molecule has 0 aliphatic rings. The molecule has 0 radical (unpaired) electrons. The summed E-state index contributed by atoms with van der Waals surface area (Å²) in [5.41, 5.74) is 2.15. The van der Waals surface area contributed by atoms with Crippen LogP contribution in [0.3, 0.4) is 0 Å². The van der Waals surface area contributed by atoms with Crippen LogP contribution in [0.2, 0.25) is 0 Å². The molecule has 29 heavy (non-hydrogen) atoms. The highest BCUT2D eigenvalue weighted by Gasteiger charge is 2.20. The Balaban J connectivity index is 1.90. The van der Waals surface area contributed by atoms with Crippen LogP contribution in [0.25, 0.3) is 22.4 Å². The maximum absolute atomic E-state index is 13.3. The molecule has 6 nitrogen and oxygen atoms in total. The molecule has 0 aliphatic carbocycles. The predicted octanol–water partition coefficient (Wildman–Crippen LogP) is 4.37. The lowest BCUT2D eigenvalue weighted by molar-refractivity contribution is 0.482. The van der Waals surface area contributed by atoms with Crippen LogP contribution < -0.4 is 5.56 Å². The number of nitrogens with zero attached hydrogens (tertiary/aromatic N) is 5. The van der Waals surface area contributed by atoms with Gasteiger partial charge >= 0.3 is 0 Å². The van der Waals surface area contributed by atoms with Gasteiger partial charge in [0, 0.05) is 5.75 Å². The van der Waals surface area contributed by atoms with E-state index in [-0.39, 0.29) is 11.0 Å². The fraction of sp³-hybridized carbons (Fsp3) is 0.273. The second kappa shape index (κ2) is 7.37. The van der Waals surface area contributed by atoms with Gasteiger partial charge in [-0.1, -0.05) is 41.6 Å². The molecule has 0 fully saturated rings. The van der Waals surface area contributed by atoms with E-state index in [9.17, 15) is 10.1 Å². The van der Waals surface area contributed by atoms with Crippen molar-refractivity contribution in [1.82, 2.24) is 19.2 Å². The number of para-hydroxylation sites is 1. The number of aromatic nitrogens is 4. The number of fused-ring (bicyclic) bond motifs is 3. The van der Waals surface area contributed by atoms with E-state index in [0.717, 1.165) is 28.9 Å². The van der Waals surface area contributed by atoms with Crippen LogP contribution in [-0.4, -0.2) is 24.9 Å². The van der Waals surface area contributed by atoms with Gasteiger partial charge in [0.05, 0.1) is 28.1 Å². The number of aryl methyl sites for hydroxylation is 1. The quantitative estimate of drug-likeness (QED) is 0.462. The second-order valence-corrected chi connectivity index (χ2v) is 8.77. The monoisotopic (exact) mass is 403 g/mol. The van der Waals surface area contributed by atoms with Gasteiger partial charge in [0.2, 0.25) is 5.78 Å². The van der Waals surface area contributed by atoms with E-state index in [2.05, 4.69) is 16.3 Å². The van der Waals surface area contributed by atoms with E-state index in [0.29, 0.717) is 16.3 Å². The first-order valence-corrected chi connectivity index (χ1v) is 10.4. The highest BCUT2D eigenvalue weighted by molar-refractivity contribution is 7.99. The second-order valence-electron chi connectivity index (χ2n) is 7.71. The molecule has 0 amide bonds. The van der Waals surface area contributed by atoms with Gasteiger partial charge in [-0.15, -0.1) is 10.2 Å². The summed E-state index contributed by atoms with van der Waals surface area (Å²) in [5.74, 6) is 1.22. The third-order valence-corrected chi connectivity index (χ3v) is 5.88. The van der Waals surface area contributed by atoms with Crippen molar-refractivity contribution in [1.29, 1.82) is 5.26 Å². The summed E-state index contributed by atoms with van der Waals surface area (Å²) in [4.78, 5) is 13.3. The molecule has 4 rings (SSSR count). The summed E-state index contributed by atoms with van der Waals surface area (Å²) < 4.78 is 3.54. The molecule has 4 aromatic rings. The zero-order valence-electron chi connectivity index (χ0n) is 16.6. The Morgan fingerprint density at radius 3 is 2.55 bits per heavy atom. The number of benzene rings is 2. The fourth-order valence-electron chi connectivity index (χ4n) is 3.15. The molecule has 0 N–H and O–H groups in total. The summed E-state index contributed by atoms with van der Waals surface area (Å²) in [5, 5.41) is 19.3. The molecule has 2 heterocycles. The fourth-order valence-corrected chi connectivity index (χ4v) is 4.35. The molecule has 0 spiro atoms. The Morgan fingerprint density at radius 1 is 1.10 bits per heavy atom. The van der Waals surface area contributed by atoms with E-state index in [4.69, 9.17) is 0 Å². The summed E-state index contributed by atoms with van der Waals surface area (Å²) >= 11 is 1.55. The maximum atomic E-state index is 13.3. The van der Waals surface area contributed by atoms with Crippen molar-refractivity contribution in [3.05, 3.63) is 64.4 Å². The van der Waals surface area contributed by atoms with Gasteiger partial charge in [-0.25, -0.2) is 4.57 Å². The van der Waals surface area contributed by atoms with Crippen LogP contribution >= 0.6 is 11.8 Å². The van der Waals surface area contributed by atoms with Gasteiger partial charge in [0.15, 0.2) is 5.16 Å². The van der Waals surface area contributed by atoms with Gasteiger partial charge < -0.3 is 0 Å². The lowest BCUT2D eigenvalue weighted by Gasteiger charge is -2.14. The Labute approximate surface area is 172 Å². The third kappa shape index (κ3) is 3.52. The van der Waals surface area contributed by atoms with E-state index in [1.54, 1.807) is 16.3 Å². The van der Waals surface area contributed by atoms with Crippen LogP contribution in [0, 0.1) is 23.7 Å². The highest BCUT2D eigenvalue weighted by atomic mass is 32.2. The minimum absolute atomic E-state index is 0.119. The molecule has 0 saturated carbocycles. The van der Waals surface area contributed by atoms with E-state index >= 15 is 0 Å². The van der Waals surface area contributed by atoms with Crippen LogP contribution in [-0.2, 0) is 0 Å². The molecule has 0 bridgehead atoms. The molecule has 2 aromatic carbocycles. The molecule has 0 atom stereocenters. The maximum Gasteiger partial charge on any atom is 0.267 e. The number of hydrogen-bond acceptors (Lipinski definition) is 5. The Hall–Kier alpha value is -3.11. The van der Waals surface area contributed by atoms with Gasteiger partial charge in [-0.05, 0) is 51.5 Å². The van der Waals surface area contributed by atoms with Crippen LogP contribution in [0.1, 0.15) is 25.8 Å². The molecule has 146 valence electrons. The normalized spacial score (nSPS) is 11.8. The molecule has 0 saturated heterocycles. The molecule has 0 unspecified atom stereocenters. The SMILES string of the molecule is Cc1ccc(-n2c(=O)c3ccccc3n3c(SCCC(C)(C)C#N)nnc23)cc1. The minimum Gasteiger partial charge on any atom is -0.268 e. The van der Waals surface area contributed by atoms with Crippen LogP contribution in [0.15, 0.2) is 58.5 Å². The molecular weight excluding hydrogens is 382 g/mol. The standard InChI is InChI=1S/C22H21N5OS/c1-15-8-10-16(11-9-15)26-19(28)17-6-4-5-7-18(17)27-20(26)24-25-21(27)29-13-12-22(2,3)14-23/h4-11H,12-13H2,1-3H3. The predicted molar refractivity (Wildman–Crippen MR) is 116 cm³/mol. The summed E-state index contributed by atoms with van der Waals surface area (Å²) in [6, 6.07) is 17.6. The van der Waals surface area contributed by atoms with Gasteiger partial charge in [-0.3, -0.25) is 9.20 Å². The highest BCUT2D eigenvalue weighted by Crippen LogP contribution is 2.27. The lowest BCUT2D eigenvalue weighted by Crippen LogP contribution is -2.21. The average Bonchev–Trinajstić information content (AvgIpc) is 3.13. The number of rotatable bonds is 5. The average molecular weight is 404 g/mol. The Morgan fingerprint density at radius 2 is 1.83 bits per heavy atom. The van der Waals surface area contributed by atoms with Crippen molar-refractivity contribution in [2.45, 2.75) is 32.3 Å². The van der Waals surface area contributed by atoms with Crippen molar-refractivity contribution in [3.8, 4) is 11.8 Å². The van der Waals surface area contributed by atoms with Crippen molar-refractivity contribution >= 4 is 28.4 Å². The van der Waals surface area contributed by atoms with Gasteiger partial charge in [0.1, 0.15) is 0 Å². The number of hydrogen-bond donors (Lipinski definition) is 0. The largest absolute Gasteiger partial charge is 0.268 e. The summed E-state index contributed by atoms with van der Waals surface area (Å²) in [6.45, 7) is 5.87. The van der Waals surface area contributed by atoms with Crippen molar-refractivity contribution < 1.29 is 0 Å². The zero-order valence-corrected chi connectivity index (χ0v) is 17.4. The third-order valence-electron chi connectivity index (χ3n) is 4.95. The first kappa shape index (κ1) is 19.2. The molecular formula is C22H21N5OS. The number of thioether (sulfide) groups is 1. The summed E-state index contributed by atoms with van der Waals surface area (Å²) in [6.07, 6.45) is 0.735. The van der Waals surface area contributed by atoms with Gasteiger partial charge in [0.25, 0.3) is 5.56 Å². The van der Waals surface area contributed by atoms with Crippen molar-refractivity contribution in [3.63, 3.8) is 0 Å². The smallest absolute Gasteiger partial charge is 0.267 e. The molecule has 0 aliphatic heterocycles. The van der Waals surface area contributed by atoms with Gasteiger partial charge in [-0.2, -0.15) is 5.26 Å². The minimum atomic E-state index is -0.389.